The summed E-state index contributed by atoms with van der Waals surface area (Å²) < 4.78 is 11.2. The van der Waals surface area contributed by atoms with Crippen molar-refractivity contribution in [2.45, 2.75) is 87.7 Å². The molecule has 2 aromatic carbocycles. The molecule has 6 rings (SSSR count). The lowest BCUT2D eigenvalue weighted by Crippen LogP contribution is -2.43. The first kappa shape index (κ1) is 24.0. The van der Waals surface area contributed by atoms with Crippen molar-refractivity contribution in [3.63, 3.8) is 0 Å². The first-order valence-electron chi connectivity index (χ1n) is 13.0. The third-order valence-electron chi connectivity index (χ3n) is 8.05. The van der Waals surface area contributed by atoms with Gasteiger partial charge < -0.3 is 19.7 Å². The van der Waals surface area contributed by atoms with Crippen LogP contribution in [0.15, 0.2) is 60.7 Å². The van der Waals surface area contributed by atoms with Gasteiger partial charge in [-0.2, -0.15) is 0 Å². The summed E-state index contributed by atoms with van der Waals surface area (Å²) in [5, 5.41) is 3.54. The molecule has 0 radical (unpaired) electrons. The number of carbonyl (C=O) groups is 2. The van der Waals surface area contributed by atoms with Crippen molar-refractivity contribution >= 4 is 11.9 Å². The van der Waals surface area contributed by atoms with E-state index in [0.29, 0.717) is 35.3 Å². The molecule has 4 bridgehead atoms. The molecule has 4 aliphatic heterocycles. The Hall–Kier alpha value is -2.70. The van der Waals surface area contributed by atoms with Crippen molar-refractivity contribution in [1.29, 1.82) is 0 Å². The minimum absolute atomic E-state index is 0.0986. The van der Waals surface area contributed by atoms with Gasteiger partial charge >= 0.3 is 11.9 Å². The minimum atomic E-state index is -0.183. The molecular weight excluding hydrogens is 440 g/mol. The number of nitrogens with one attached hydrogen (secondary N) is 1. The van der Waals surface area contributed by atoms with Gasteiger partial charge in [0.1, 0.15) is 12.2 Å². The van der Waals surface area contributed by atoms with Crippen LogP contribution in [0, 0.1) is 0 Å². The largest absolute Gasteiger partial charge is 0.459 e. The van der Waals surface area contributed by atoms with E-state index in [1.807, 2.05) is 48.5 Å². The molecule has 6 atom stereocenters. The standard InChI is InChI=1S/C15H19NO2.C14H17NO2/c1-16-12-7-8-13(16)10-14(9-12)18-15(17)11-5-3-2-4-6-11;16-14(10-4-2-1-3-5-10)17-13-8-11-6-7-12(9-13)15-11/h2-6,12-14H,7-10H2,1H3;1-5,11-13,15H,6-9H2/t12-,13+,14?;11-,12+,13?. The fraction of sp³-hybridized carbons (Fsp3) is 0.517. The number of esters is 2. The zero-order chi connectivity index (χ0) is 24.2. The van der Waals surface area contributed by atoms with E-state index in [9.17, 15) is 9.59 Å². The van der Waals surface area contributed by atoms with Crippen molar-refractivity contribution in [2.24, 2.45) is 0 Å². The van der Waals surface area contributed by atoms with Crippen LogP contribution in [0.1, 0.15) is 72.1 Å². The average molecular weight is 477 g/mol. The monoisotopic (exact) mass is 476 g/mol. The maximum absolute atomic E-state index is 12.0. The Morgan fingerprint density at radius 3 is 1.57 bits per heavy atom. The van der Waals surface area contributed by atoms with E-state index in [-0.39, 0.29) is 24.1 Å². The summed E-state index contributed by atoms with van der Waals surface area (Å²) in [6.07, 6.45) is 9.07. The highest BCUT2D eigenvalue weighted by atomic mass is 16.5. The third-order valence-corrected chi connectivity index (χ3v) is 8.05. The molecular formula is C29H36N2O4. The molecule has 6 heteroatoms. The van der Waals surface area contributed by atoms with Gasteiger partial charge in [0.15, 0.2) is 0 Å². The van der Waals surface area contributed by atoms with Crippen LogP contribution >= 0.6 is 0 Å². The van der Waals surface area contributed by atoms with E-state index in [2.05, 4.69) is 17.3 Å². The van der Waals surface area contributed by atoms with Crippen molar-refractivity contribution in [3.8, 4) is 0 Å². The van der Waals surface area contributed by atoms with Gasteiger partial charge in [0.25, 0.3) is 0 Å². The highest BCUT2D eigenvalue weighted by molar-refractivity contribution is 5.89. The SMILES string of the molecule is CN1[C@@H]2CC[C@H]1CC(OC(=O)c1ccccc1)C2.O=C(OC1C[C@H]2CC[C@@H](C1)N2)c1ccccc1. The van der Waals surface area contributed by atoms with Crippen molar-refractivity contribution in [3.05, 3.63) is 71.8 Å². The number of benzene rings is 2. The molecule has 4 fully saturated rings. The van der Waals surface area contributed by atoms with Gasteiger partial charge in [-0.25, -0.2) is 9.59 Å². The van der Waals surface area contributed by atoms with Gasteiger partial charge in [-0.1, -0.05) is 36.4 Å². The molecule has 0 amide bonds. The van der Waals surface area contributed by atoms with E-state index in [1.165, 1.54) is 25.7 Å². The zero-order valence-electron chi connectivity index (χ0n) is 20.5. The second-order valence-corrected chi connectivity index (χ2v) is 10.4. The fourth-order valence-electron chi connectivity index (χ4n) is 6.15. The Morgan fingerprint density at radius 2 is 1.11 bits per heavy atom. The summed E-state index contributed by atoms with van der Waals surface area (Å²) in [4.78, 5) is 26.3. The number of rotatable bonds is 4. The van der Waals surface area contributed by atoms with E-state index >= 15 is 0 Å². The minimum Gasteiger partial charge on any atom is -0.459 e. The van der Waals surface area contributed by atoms with Crippen LogP contribution in [0.5, 0.6) is 0 Å². The Labute approximate surface area is 208 Å². The van der Waals surface area contributed by atoms with Crippen LogP contribution in [0.4, 0.5) is 0 Å². The van der Waals surface area contributed by atoms with Crippen LogP contribution in [0.2, 0.25) is 0 Å². The van der Waals surface area contributed by atoms with Crippen LogP contribution in [-0.4, -0.2) is 60.3 Å². The van der Waals surface area contributed by atoms with Crippen molar-refractivity contribution in [2.75, 3.05) is 7.05 Å². The van der Waals surface area contributed by atoms with Crippen LogP contribution in [0.3, 0.4) is 0 Å². The summed E-state index contributed by atoms with van der Waals surface area (Å²) >= 11 is 0. The van der Waals surface area contributed by atoms with Crippen LogP contribution in [0.25, 0.3) is 0 Å². The number of piperidine rings is 2. The molecule has 6 nitrogen and oxygen atoms in total. The molecule has 0 aliphatic carbocycles. The van der Waals surface area contributed by atoms with E-state index in [4.69, 9.17) is 9.47 Å². The summed E-state index contributed by atoms with van der Waals surface area (Å²) in [6, 6.07) is 20.8. The number of nitrogens with zero attached hydrogens (tertiary/aromatic N) is 1. The van der Waals surface area contributed by atoms with E-state index in [0.717, 1.165) is 25.7 Å². The Bertz CT molecular complexity index is 972. The molecule has 0 spiro atoms. The molecule has 4 heterocycles. The van der Waals surface area contributed by atoms with Gasteiger partial charge in [-0.3, -0.25) is 0 Å². The lowest BCUT2D eigenvalue weighted by atomic mass is 10.0. The van der Waals surface area contributed by atoms with Gasteiger partial charge in [-0.15, -0.1) is 0 Å². The second kappa shape index (κ2) is 10.9. The molecule has 1 N–H and O–H groups in total. The van der Waals surface area contributed by atoms with E-state index in [1.54, 1.807) is 12.1 Å². The predicted molar refractivity (Wildman–Crippen MR) is 134 cm³/mol. The highest BCUT2D eigenvalue weighted by Crippen LogP contribution is 2.35. The second-order valence-electron chi connectivity index (χ2n) is 10.4. The van der Waals surface area contributed by atoms with Gasteiger partial charge in [0.05, 0.1) is 11.1 Å². The summed E-state index contributed by atoms with van der Waals surface area (Å²) in [5.41, 5.74) is 1.31. The first-order valence-corrected chi connectivity index (χ1v) is 13.0. The van der Waals surface area contributed by atoms with E-state index < -0.39 is 0 Å². The van der Waals surface area contributed by atoms with Crippen LogP contribution < -0.4 is 5.32 Å². The quantitative estimate of drug-likeness (QED) is 0.651. The average Bonchev–Trinajstić information content (AvgIpc) is 3.31. The number of ether oxygens (including phenoxy) is 2. The Kier molecular flexibility index (Phi) is 7.49. The zero-order valence-corrected chi connectivity index (χ0v) is 20.5. The number of fused-ring (bicyclic) bond motifs is 4. The highest BCUT2D eigenvalue weighted by Gasteiger charge is 2.40. The lowest BCUT2D eigenvalue weighted by molar-refractivity contribution is -0.000497. The summed E-state index contributed by atoms with van der Waals surface area (Å²) in [7, 11) is 2.19. The summed E-state index contributed by atoms with van der Waals surface area (Å²) in [5.74, 6) is -0.360. The Balaban J connectivity index is 0.000000145. The third kappa shape index (κ3) is 5.93. The molecule has 4 aliphatic rings. The van der Waals surface area contributed by atoms with Crippen molar-refractivity contribution in [1.82, 2.24) is 10.2 Å². The molecule has 35 heavy (non-hydrogen) atoms. The smallest absolute Gasteiger partial charge is 0.338 e. The van der Waals surface area contributed by atoms with Crippen molar-refractivity contribution < 1.29 is 19.1 Å². The summed E-state index contributed by atoms with van der Waals surface area (Å²) in [6.45, 7) is 0. The lowest BCUT2D eigenvalue weighted by Gasteiger charge is -2.35. The number of hydrogen-bond acceptors (Lipinski definition) is 6. The normalized spacial score (nSPS) is 31.2. The molecule has 0 saturated carbocycles. The van der Waals surface area contributed by atoms with Crippen LogP contribution in [-0.2, 0) is 9.47 Å². The number of carbonyl (C=O) groups excluding carboxylic acids is 2. The predicted octanol–water partition coefficient (Wildman–Crippen LogP) is 4.60. The molecule has 186 valence electrons. The van der Waals surface area contributed by atoms with Gasteiger partial charge in [0, 0.05) is 37.0 Å². The fourth-order valence-corrected chi connectivity index (χ4v) is 6.15. The Morgan fingerprint density at radius 1 is 0.686 bits per heavy atom. The molecule has 0 aromatic heterocycles. The molecule has 4 saturated heterocycles. The topological polar surface area (TPSA) is 67.9 Å². The maximum Gasteiger partial charge on any atom is 0.338 e. The molecule has 2 aromatic rings. The first-order chi connectivity index (χ1) is 17.0. The van der Waals surface area contributed by atoms with Gasteiger partial charge in [0.2, 0.25) is 0 Å². The van der Waals surface area contributed by atoms with Gasteiger partial charge in [-0.05, 0) is 69.8 Å². The maximum atomic E-state index is 12.0. The molecule has 2 unspecified atom stereocenters. The number of hydrogen-bond donors (Lipinski definition) is 1.